The van der Waals surface area contributed by atoms with Crippen molar-refractivity contribution in [2.75, 3.05) is 13.2 Å². The third-order valence-corrected chi connectivity index (χ3v) is 5.39. The van der Waals surface area contributed by atoms with E-state index in [0.717, 1.165) is 46.4 Å². The van der Waals surface area contributed by atoms with Crippen LogP contribution in [0.4, 0.5) is 5.69 Å². The Morgan fingerprint density at radius 2 is 1.67 bits per heavy atom. The van der Waals surface area contributed by atoms with Gasteiger partial charge in [-0.2, -0.15) is 0 Å². The zero-order valence-corrected chi connectivity index (χ0v) is 15.1. The predicted molar refractivity (Wildman–Crippen MR) is 91.3 cm³/mol. The average molecular weight is 417 g/mol. The van der Waals surface area contributed by atoms with Crippen LogP contribution in [0.1, 0.15) is 38.5 Å². The van der Waals surface area contributed by atoms with Gasteiger partial charge < -0.3 is 9.47 Å². The van der Waals surface area contributed by atoms with Crippen LogP contribution in [0.5, 0.6) is 0 Å². The molecule has 0 atom stereocenters. The minimum atomic E-state index is -0.316. The average Bonchev–Trinajstić information content (AvgIpc) is 2.67. The summed E-state index contributed by atoms with van der Waals surface area (Å²) in [6.07, 6.45) is 6.58. The molecule has 3 rings (SSSR count). The second-order valence-corrected chi connectivity index (χ2v) is 7.30. The topological polar surface area (TPSA) is 30.8 Å². The highest BCUT2D eigenvalue weighted by molar-refractivity contribution is 9.11. The van der Waals surface area contributed by atoms with Crippen molar-refractivity contribution in [1.29, 1.82) is 0 Å². The van der Waals surface area contributed by atoms with Crippen molar-refractivity contribution in [3.63, 3.8) is 0 Å². The van der Waals surface area contributed by atoms with Crippen LogP contribution >= 0.6 is 31.9 Å². The van der Waals surface area contributed by atoms with E-state index in [4.69, 9.17) is 14.5 Å². The van der Waals surface area contributed by atoms with Crippen LogP contribution in [0.15, 0.2) is 32.1 Å². The maximum Gasteiger partial charge on any atom is 0.221 e. The van der Waals surface area contributed by atoms with Gasteiger partial charge in [-0.3, -0.25) is 0 Å². The molecule has 1 heterocycles. The number of aliphatic imine (C=N–C) groups is 1. The molecule has 2 aliphatic rings. The number of rotatable bonds is 1. The summed E-state index contributed by atoms with van der Waals surface area (Å²) in [5.41, 5.74) is 0.562. The van der Waals surface area contributed by atoms with E-state index in [1.165, 1.54) is 19.3 Å². The third kappa shape index (κ3) is 3.35. The molecule has 1 aromatic carbocycles. The maximum absolute atomic E-state index is 6.21. The highest BCUT2D eigenvalue weighted by Gasteiger charge is 2.41. The van der Waals surface area contributed by atoms with E-state index >= 15 is 0 Å². The van der Waals surface area contributed by atoms with Crippen molar-refractivity contribution in [2.45, 2.75) is 44.1 Å². The molecule has 0 bridgehead atoms. The van der Waals surface area contributed by atoms with Crippen LogP contribution in [0.2, 0.25) is 0 Å². The Labute approximate surface area is 142 Å². The van der Waals surface area contributed by atoms with Gasteiger partial charge in [0.05, 0.1) is 18.9 Å². The van der Waals surface area contributed by atoms with Crippen LogP contribution in [-0.2, 0) is 9.47 Å². The molecule has 0 radical (unpaired) electrons. The second-order valence-electron chi connectivity index (χ2n) is 5.59. The smallest absolute Gasteiger partial charge is 0.221 e. The molecule has 0 N–H and O–H groups in total. The van der Waals surface area contributed by atoms with Gasteiger partial charge in [0.25, 0.3) is 0 Å². The first-order chi connectivity index (χ1) is 10.2. The predicted octanol–water partition coefficient (Wildman–Crippen LogP) is 5.38. The van der Waals surface area contributed by atoms with E-state index in [2.05, 4.69) is 31.9 Å². The van der Waals surface area contributed by atoms with E-state index in [0.29, 0.717) is 6.61 Å². The minimum Gasteiger partial charge on any atom is -0.479 e. The molecule has 1 aromatic rings. The van der Waals surface area contributed by atoms with Crippen molar-refractivity contribution < 1.29 is 9.47 Å². The third-order valence-electron chi connectivity index (χ3n) is 4.11. The quantitative estimate of drug-likeness (QED) is 0.615. The van der Waals surface area contributed by atoms with Gasteiger partial charge in [0.1, 0.15) is 5.60 Å². The van der Waals surface area contributed by atoms with Crippen molar-refractivity contribution in [3.8, 4) is 0 Å². The molecule has 0 amide bonds. The second kappa shape index (κ2) is 6.80. The lowest BCUT2D eigenvalue weighted by atomic mass is 9.84. The van der Waals surface area contributed by atoms with Crippen LogP contribution in [0.3, 0.4) is 0 Å². The van der Waals surface area contributed by atoms with Crippen molar-refractivity contribution in [3.05, 3.63) is 27.1 Å². The SMILES string of the molecule is Brc1cccc(Br)c1N=C1OCCCOC12CCCCC2. The molecular weight excluding hydrogens is 398 g/mol. The van der Waals surface area contributed by atoms with Gasteiger partial charge in [0, 0.05) is 15.4 Å². The lowest BCUT2D eigenvalue weighted by molar-refractivity contribution is -0.0180. The number of hydrogen-bond acceptors (Lipinski definition) is 3. The Kier molecular flexibility index (Phi) is 5.02. The van der Waals surface area contributed by atoms with Crippen LogP contribution < -0.4 is 0 Å². The zero-order chi connectivity index (χ0) is 14.7. The summed E-state index contributed by atoms with van der Waals surface area (Å²) in [5, 5.41) is 0. The first-order valence-electron chi connectivity index (χ1n) is 7.51. The number of benzene rings is 1. The number of nitrogens with zero attached hydrogens (tertiary/aromatic N) is 1. The van der Waals surface area contributed by atoms with Crippen molar-refractivity contribution in [1.82, 2.24) is 0 Å². The molecule has 21 heavy (non-hydrogen) atoms. The van der Waals surface area contributed by atoms with E-state index < -0.39 is 0 Å². The fourth-order valence-corrected chi connectivity index (χ4v) is 4.18. The number of hydrogen-bond donors (Lipinski definition) is 0. The molecule has 1 aliphatic carbocycles. The maximum atomic E-state index is 6.21. The molecule has 3 nitrogen and oxygen atoms in total. The fourth-order valence-electron chi connectivity index (χ4n) is 3.00. The van der Waals surface area contributed by atoms with Crippen molar-refractivity contribution >= 4 is 43.4 Å². The Morgan fingerprint density at radius 3 is 2.38 bits per heavy atom. The first-order valence-corrected chi connectivity index (χ1v) is 9.10. The minimum absolute atomic E-state index is 0.316. The summed E-state index contributed by atoms with van der Waals surface area (Å²) in [5.74, 6) is 0.757. The highest BCUT2D eigenvalue weighted by Crippen LogP contribution is 2.39. The summed E-state index contributed by atoms with van der Waals surface area (Å²) in [4.78, 5) is 4.83. The van der Waals surface area contributed by atoms with Gasteiger partial charge in [-0.05, 0) is 56.8 Å². The van der Waals surface area contributed by atoms with Gasteiger partial charge in [-0.1, -0.05) is 25.3 Å². The van der Waals surface area contributed by atoms with Gasteiger partial charge in [0.15, 0.2) is 0 Å². The Hall–Kier alpha value is -0.390. The molecule has 5 heteroatoms. The van der Waals surface area contributed by atoms with Gasteiger partial charge in [0.2, 0.25) is 5.90 Å². The zero-order valence-electron chi connectivity index (χ0n) is 11.9. The molecule has 1 saturated heterocycles. The Morgan fingerprint density at radius 1 is 0.952 bits per heavy atom. The molecule has 114 valence electrons. The fraction of sp³-hybridized carbons (Fsp3) is 0.562. The summed E-state index contributed by atoms with van der Waals surface area (Å²) < 4.78 is 14.1. The first kappa shape index (κ1) is 15.5. The molecular formula is C16H19Br2NO2. The lowest BCUT2D eigenvalue weighted by Crippen LogP contribution is -2.43. The van der Waals surface area contributed by atoms with Crippen LogP contribution in [-0.4, -0.2) is 24.7 Å². The van der Waals surface area contributed by atoms with Crippen LogP contribution in [0.25, 0.3) is 0 Å². The molecule has 1 aliphatic heterocycles. The summed E-state index contributed by atoms with van der Waals surface area (Å²) in [6, 6.07) is 5.98. The summed E-state index contributed by atoms with van der Waals surface area (Å²) in [7, 11) is 0. The van der Waals surface area contributed by atoms with Gasteiger partial charge in [-0.25, -0.2) is 4.99 Å². The van der Waals surface area contributed by atoms with Gasteiger partial charge in [-0.15, -0.1) is 0 Å². The number of halogens is 2. The number of para-hydroxylation sites is 1. The normalized spacial score (nSPS) is 23.8. The molecule has 2 fully saturated rings. The molecule has 0 unspecified atom stereocenters. The highest BCUT2D eigenvalue weighted by atomic mass is 79.9. The largest absolute Gasteiger partial charge is 0.479 e. The lowest BCUT2D eigenvalue weighted by Gasteiger charge is -2.35. The Bertz CT molecular complexity index is 519. The summed E-state index contributed by atoms with van der Waals surface area (Å²) >= 11 is 7.14. The monoisotopic (exact) mass is 415 g/mol. The Balaban J connectivity index is 2.01. The molecule has 1 spiro atoms. The number of ether oxygens (including phenoxy) is 2. The van der Waals surface area contributed by atoms with Crippen molar-refractivity contribution in [2.24, 2.45) is 4.99 Å². The van der Waals surface area contributed by atoms with E-state index in [9.17, 15) is 0 Å². The standard InChI is InChI=1S/C16H19Br2NO2/c17-12-6-4-7-13(18)14(12)19-15-16(8-2-1-3-9-16)21-11-5-10-20-15/h4,6-7H,1-3,5,8-11H2. The molecule has 1 saturated carbocycles. The van der Waals surface area contributed by atoms with E-state index in [-0.39, 0.29) is 5.60 Å². The van der Waals surface area contributed by atoms with Gasteiger partial charge >= 0.3 is 0 Å². The van der Waals surface area contributed by atoms with E-state index in [1.54, 1.807) is 0 Å². The molecule has 0 aromatic heterocycles. The summed E-state index contributed by atoms with van der Waals surface area (Å²) in [6.45, 7) is 1.44. The van der Waals surface area contributed by atoms with Crippen LogP contribution in [0, 0.1) is 0 Å². The van der Waals surface area contributed by atoms with E-state index in [1.807, 2.05) is 18.2 Å².